The first kappa shape index (κ1) is 27.8. The molecule has 0 amide bonds. The van der Waals surface area contributed by atoms with Gasteiger partial charge in [0.15, 0.2) is 16.5 Å². The summed E-state index contributed by atoms with van der Waals surface area (Å²) in [4.78, 5) is 15.9. The summed E-state index contributed by atoms with van der Waals surface area (Å²) in [6, 6.07) is 13.4. The van der Waals surface area contributed by atoms with Crippen molar-refractivity contribution in [3.63, 3.8) is 0 Å². The number of unbranched alkanes of at least 4 members (excludes halogenated alkanes) is 1. The van der Waals surface area contributed by atoms with E-state index < -0.39 is 37.8 Å². The summed E-state index contributed by atoms with van der Waals surface area (Å²) in [5.74, 6) is -2.25. The van der Waals surface area contributed by atoms with Crippen LogP contribution in [0.1, 0.15) is 25.6 Å². The average Bonchev–Trinajstić information content (AvgIpc) is 2.93. The number of methoxy groups -OCH3 is 2. The summed E-state index contributed by atoms with van der Waals surface area (Å²) in [5.41, 5.74) is -0.188. The van der Waals surface area contributed by atoms with E-state index in [2.05, 4.69) is 4.98 Å². The van der Waals surface area contributed by atoms with Crippen LogP contribution in [0.5, 0.6) is 17.4 Å². The average molecular weight is 557 g/mol. The highest BCUT2D eigenvalue weighted by Gasteiger charge is 2.31. The lowest BCUT2D eigenvalue weighted by atomic mass is 10.1. The third-order valence-corrected chi connectivity index (χ3v) is 7.95. The molecule has 1 heterocycles. The first-order valence-electron chi connectivity index (χ1n) is 12.0. The van der Waals surface area contributed by atoms with E-state index in [0.717, 1.165) is 23.1 Å². The zero-order valence-electron chi connectivity index (χ0n) is 21.4. The van der Waals surface area contributed by atoms with Crippen molar-refractivity contribution in [3.8, 4) is 34.2 Å². The van der Waals surface area contributed by atoms with Crippen LogP contribution < -0.4 is 15.0 Å². The molecule has 0 saturated carbocycles. The number of sulfone groups is 1. The van der Waals surface area contributed by atoms with Gasteiger partial charge in [0, 0.05) is 6.42 Å². The summed E-state index contributed by atoms with van der Waals surface area (Å²) in [6.45, 7) is 1.94. The molecule has 0 aliphatic carbocycles. The quantitative estimate of drug-likeness (QED) is 0.307. The maximum absolute atomic E-state index is 13.7. The van der Waals surface area contributed by atoms with Gasteiger partial charge >= 0.3 is 0 Å². The van der Waals surface area contributed by atoms with E-state index in [1.807, 2.05) is 6.92 Å². The summed E-state index contributed by atoms with van der Waals surface area (Å²) < 4.78 is 66.4. The van der Waals surface area contributed by atoms with Gasteiger partial charge in [0.05, 0.1) is 19.1 Å². The Morgan fingerprint density at radius 2 is 1.54 bits per heavy atom. The Kier molecular flexibility index (Phi) is 8.01. The number of ether oxygens (including phenoxy) is 2. The van der Waals surface area contributed by atoms with Crippen LogP contribution in [0.3, 0.4) is 0 Å². The van der Waals surface area contributed by atoms with Gasteiger partial charge in [0.25, 0.3) is 5.56 Å². The Morgan fingerprint density at radius 3 is 2.10 bits per heavy atom. The van der Waals surface area contributed by atoms with Crippen LogP contribution >= 0.6 is 0 Å². The fraction of sp³-hybridized carbons (Fsp3) is 0.214. The number of aromatic hydroxyl groups is 1. The molecule has 0 spiro atoms. The topological polar surface area (TPSA) is 108 Å². The van der Waals surface area contributed by atoms with Crippen LogP contribution in [0.15, 0.2) is 75.2 Å². The molecule has 0 aliphatic rings. The Bertz CT molecular complexity index is 1660. The van der Waals surface area contributed by atoms with Crippen LogP contribution in [0.25, 0.3) is 16.8 Å². The Hall–Kier alpha value is -4.25. The lowest BCUT2D eigenvalue weighted by Gasteiger charge is -2.21. The molecule has 0 radical (unpaired) electrons. The van der Waals surface area contributed by atoms with E-state index in [9.17, 15) is 27.1 Å². The van der Waals surface area contributed by atoms with Crippen molar-refractivity contribution >= 4 is 9.84 Å². The van der Waals surface area contributed by atoms with Gasteiger partial charge in [-0.2, -0.15) is 4.98 Å². The van der Waals surface area contributed by atoms with E-state index in [-0.39, 0.29) is 34.3 Å². The SMILES string of the molecule is CCCCc1nc(=O)c(S(=O)(=O)c2ccc(-c3ccc(F)c(F)c3)cc2)c(O)n1-c1c(OC)cccc1OC. The first-order valence-corrected chi connectivity index (χ1v) is 13.5. The number of aryl methyl sites for hydroxylation is 1. The second-order valence-corrected chi connectivity index (χ2v) is 10.5. The summed E-state index contributed by atoms with van der Waals surface area (Å²) >= 11 is 0. The molecular formula is C28H26F2N2O6S. The Balaban J connectivity index is 1.91. The van der Waals surface area contributed by atoms with Gasteiger partial charge in [-0.1, -0.05) is 37.6 Å². The van der Waals surface area contributed by atoms with Gasteiger partial charge in [0.2, 0.25) is 15.7 Å². The van der Waals surface area contributed by atoms with E-state index in [4.69, 9.17) is 9.47 Å². The summed E-state index contributed by atoms with van der Waals surface area (Å²) in [5, 5.41) is 11.4. The van der Waals surface area contributed by atoms with Crippen molar-refractivity contribution in [3.05, 3.63) is 88.5 Å². The lowest BCUT2D eigenvalue weighted by molar-refractivity contribution is 0.374. The fourth-order valence-corrected chi connectivity index (χ4v) is 5.52. The minimum Gasteiger partial charge on any atom is -0.494 e. The van der Waals surface area contributed by atoms with E-state index in [0.29, 0.717) is 17.5 Å². The molecule has 3 aromatic carbocycles. The van der Waals surface area contributed by atoms with Gasteiger partial charge in [0.1, 0.15) is 23.0 Å². The fourth-order valence-electron chi connectivity index (χ4n) is 4.18. The zero-order chi connectivity index (χ0) is 28.3. The van der Waals surface area contributed by atoms with Crippen molar-refractivity contribution in [1.82, 2.24) is 9.55 Å². The predicted molar refractivity (Wildman–Crippen MR) is 140 cm³/mol. The van der Waals surface area contributed by atoms with Crippen LogP contribution in [-0.4, -0.2) is 37.3 Å². The Morgan fingerprint density at radius 1 is 0.923 bits per heavy atom. The van der Waals surface area contributed by atoms with E-state index >= 15 is 0 Å². The molecule has 0 saturated heterocycles. The van der Waals surface area contributed by atoms with Crippen molar-refractivity contribution < 1.29 is 31.8 Å². The number of benzene rings is 3. The van der Waals surface area contributed by atoms with Crippen molar-refractivity contribution in [2.75, 3.05) is 14.2 Å². The Labute approximate surface area is 224 Å². The van der Waals surface area contributed by atoms with Gasteiger partial charge in [-0.15, -0.1) is 0 Å². The number of rotatable bonds is 9. The van der Waals surface area contributed by atoms with E-state index in [1.54, 1.807) is 18.2 Å². The maximum atomic E-state index is 13.7. The molecule has 1 N–H and O–H groups in total. The van der Waals surface area contributed by atoms with E-state index in [1.165, 1.54) is 44.6 Å². The second-order valence-electron chi connectivity index (χ2n) is 8.59. The highest BCUT2D eigenvalue weighted by Crippen LogP contribution is 2.38. The molecule has 0 bridgehead atoms. The van der Waals surface area contributed by atoms with Crippen LogP contribution in [0.2, 0.25) is 0 Å². The molecule has 204 valence electrons. The molecular weight excluding hydrogens is 530 g/mol. The molecule has 4 rings (SSSR count). The van der Waals surface area contributed by atoms with Crippen molar-refractivity contribution in [2.45, 2.75) is 36.0 Å². The second kappa shape index (κ2) is 11.2. The number of para-hydroxylation sites is 1. The highest BCUT2D eigenvalue weighted by molar-refractivity contribution is 7.91. The summed E-state index contributed by atoms with van der Waals surface area (Å²) in [7, 11) is -1.77. The van der Waals surface area contributed by atoms with Crippen LogP contribution in [0, 0.1) is 11.6 Å². The monoisotopic (exact) mass is 556 g/mol. The van der Waals surface area contributed by atoms with Crippen LogP contribution in [-0.2, 0) is 16.3 Å². The molecule has 1 aromatic heterocycles. The highest BCUT2D eigenvalue weighted by atomic mass is 32.2. The molecule has 8 nitrogen and oxygen atoms in total. The van der Waals surface area contributed by atoms with Gasteiger partial charge < -0.3 is 14.6 Å². The number of hydrogen-bond acceptors (Lipinski definition) is 7. The number of aromatic nitrogens is 2. The molecule has 39 heavy (non-hydrogen) atoms. The molecule has 0 atom stereocenters. The van der Waals surface area contributed by atoms with Crippen molar-refractivity contribution in [2.24, 2.45) is 0 Å². The lowest BCUT2D eigenvalue weighted by Crippen LogP contribution is -2.25. The number of nitrogens with zero attached hydrogens (tertiary/aromatic N) is 2. The largest absolute Gasteiger partial charge is 0.494 e. The maximum Gasteiger partial charge on any atom is 0.296 e. The standard InChI is InChI=1S/C28H26F2N2O6S/c1-4-5-9-24-31-27(33)26(28(34)32(24)25-22(37-2)7-6-8-23(25)38-3)39(35,36)19-13-10-17(11-14-19)18-12-15-20(29)21(30)16-18/h6-8,10-16,34H,4-5,9H2,1-3H3. The first-order chi connectivity index (χ1) is 18.6. The molecule has 4 aromatic rings. The third-order valence-electron chi connectivity index (χ3n) is 6.16. The molecule has 0 fully saturated rings. The van der Waals surface area contributed by atoms with Crippen molar-refractivity contribution in [1.29, 1.82) is 0 Å². The molecule has 11 heteroatoms. The summed E-state index contributed by atoms with van der Waals surface area (Å²) in [6.07, 6.45) is 1.63. The number of halogens is 2. The number of hydrogen-bond donors (Lipinski definition) is 1. The minimum atomic E-state index is -4.58. The third kappa shape index (κ3) is 5.22. The zero-order valence-corrected chi connectivity index (χ0v) is 22.3. The smallest absolute Gasteiger partial charge is 0.296 e. The van der Waals surface area contributed by atoms with Gasteiger partial charge in [-0.3, -0.25) is 9.36 Å². The normalized spacial score (nSPS) is 11.4. The van der Waals surface area contributed by atoms with Gasteiger partial charge in [-0.25, -0.2) is 17.2 Å². The van der Waals surface area contributed by atoms with Crippen LogP contribution in [0.4, 0.5) is 8.78 Å². The minimum absolute atomic E-state index is 0.134. The molecule has 0 unspecified atom stereocenters. The molecule has 0 aliphatic heterocycles. The predicted octanol–water partition coefficient (Wildman–Crippen LogP) is 5.08. The van der Waals surface area contributed by atoms with Gasteiger partial charge in [-0.05, 0) is 53.9 Å².